The Balaban J connectivity index is 1.51. The molecule has 30 heavy (non-hydrogen) atoms. The van der Waals surface area contributed by atoms with E-state index in [1.165, 1.54) is 5.56 Å². The maximum absolute atomic E-state index is 12.7. The number of amides is 1. The molecule has 2 aromatic carbocycles. The van der Waals surface area contributed by atoms with E-state index in [9.17, 15) is 14.4 Å². The molecule has 1 aliphatic rings. The van der Waals surface area contributed by atoms with E-state index in [2.05, 4.69) is 11.2 Å². The topological polar surface area (TPSA) is 102 Å². The van der Waals surface area contributed by atoms with Crippen molar-refractivity contribution in [3.05, 3.63) is 75.7 Å². The number of fused-ring (bicyclic) bond motifs is 2. The first-order valence-electron chi connectivity index (χ1n) is 9.71. The zero-order chi connectivity index (χ0) is 21.1. The molecule has 8 nitrogen and oxygen atoms in total. The van der Waals surface area contributed by atoms with Crippen LogP contribution in [-0.4, -0.2) is 51.4 Å². The summed E-state index contributed by atoms with van der Waals surface area (Å²) in [7, 11) is 0. The number of hydrogen-bond acceptors (Lipinski definition) is 6. The molecule has 1 amide bonds. The summed E-state index contributed by atoms with van der Waals surface area (Å²) in [4.78, 5) is 39.4. The predicted octanol–water partition coefficient (Wildman–Crippen LogP) is 1.13. The summed E-state index contributed by atoms with van der Waals surface area (Å²) in [6.07, 6.45) is 0.758. The predicted molar refractivity (Wildman–Crippen MR) is 109 cm³/mol. The maximum Gasteiger partial charge on any atom is 0.359 e. The number of nitrogens with zero attached hydrogens (tertiary/aromatic N) is 3. The molecule has 0 radical (unpaired) electrons. The van der Waals surface area contributed by atoms with Gasteiger partial charge >= 0.3 is 5.97 Å². The van der Waals surface area contributed by atoms with E-state index in [0.29, 0.717) is 23.9 Å². The van der Waals surface area contributed by atoms with Gasteiger partial charge in [-0.05, 0) is 23.6 Å². The van der Waals surface area contributed by atoms with E-state index in [1.807, 2.05) is 18.2 Å². The van der Waals surface area contributed by atoms with Crippen molar-refractivity contribution in [2.24, 2.45) is 0 Å². The summed E-state index contributed by atoms with van der Waals surface area (Å²) in [5.41, 5.74) is 1.85. The highest BCUT2D eigenvalue weighted by Gasteiger charge is 2.23. The molecule has 0 spiro atoms. The molecule has 0 atom stereocenters. The van der Waals surface area contributed by atoms with Crippen LogP contribution in [0.1, 0.15) is 21.6 Å². The molecule has 1 aromatic heterocycles. The zero-order valence-electron chi connectivity index (χ0n) is 16.3. The Kier molecular flexibility index (Phi) is 5.58. The average Bonchev–Trinajstić information content (AvgIpc) is 2.79. The number of aromatic nitrogens is 2. The molecule has 0 saturated carbocycles. The molecular weight excluding hydrogens is 386 g/mol. The number of ether oxygens (including phenoxy) is 1. The zero-order valence-corrected chi connectivity index (χ0v) is 16.3. The van der Waals surface area contributed by atoms with Crippen molar-refractivity contribution in [3.8, 4) is 0 Å². The second kappa shape index (κ2) is 8.46. The van der Waals surface area contributed by atoms with E-state index in [4.69, 9.17) is 9.84 Å². The summed E-state index contributed by atoms with van der Waals surface area (Å²) in [6, 6.07) is 14.5. The largest absolute Gasteiger partial charge is 0.451 e. The Morgan fingerprint density at radius 3 is 2.50 bits per heavy atom. The van der Waals surface area contributed by atoms with Gasteiger partial charge in [0.25, 0.3) is 11.5 Å². The van der Waals surface area contributed by atoms with Crippen LogP contribution in [0.3, 0.4) is 0 Å². The minimum atomic E-state index is -0.788. The molecule has 0 fully saturated rings. The van der Waals surface area contributed by atoms with Crippen LogP contribution < -0.4 is 5.56 Å². The summed E-state index contributed by atoms with van der Waals surface area (Å²) in [5, 5.41) is 13.9. The number of carbonyl (C=O) groups is 2. The fraction of sp³-hybridized carbons (Fsp3) is 0.273. The fourth-order valence-electron chi connectivity index (χ4n) is 3.63. The summed E-state index contributed by atoms with van der Waals surface area (Å²) < 4.78 is 6.27. The van der Waals surface area contributed by atoms with Crippen molar-refractivity contribution in [1.82, 2.24) is 14.7 Å². The lowest BCUT2D eigenvalue weighted by Gasteiger charge is -2.28. The van der Waals surface area contributed by atoms with Gasteiger partial charge in [0.1, 0.15) is 0 Å². The number of aliphatic hydroxyl groups is 1. The van der Waals surface area contributed by atoms with E-state index < -0.39 is 18.1 Å². The van der Waals surface area contributed by atoms with Crippen LogP contribution in [0.4, 0.5) is 0 Å². The van der Waals surface area contributed by atoms with Crippen molar-refractivity contribution < 1.29 is 19.4 Å². The van der Waals surface area contributed by atoms with Crippen LogP contribution >= 0.6 is 0 Å². The van der Waals surface area contributed by atoms with Gasteiger partial charge in [-0.15, -0.1) is 0 Å². The normalized spacial score (nSPS) is 13.2. The van der Waals surface area contributed by atoms with Gasteiger partial charge in [-0.3, -0.25) is 9.59 Å². The highest BCUT2D eigenvalue weighted by molar-refractivity contribution is 6.02. The third-order valence-electron chi connectivity index (χ3n) is 5.18. The average molecular weight is 407 g/mol. The lowest BCUT2D eigenvalue weighted by molar-refractivity contribution is -0.135. The molecule has 1 aliphatic heterocycles. The van der Waals surface area contributed by atoms with Crippen LogP contribution in [-0.2, 0) is 29.0 Å². The van der Waals surface area contributed by atoms with Gasteiger partial charge in [0.15, 0.2) is 12.3 Å². The van der Waals surface area contributed by atoms with E-state index in [-0.39, 0.29) is 24.8 Å². The number of benzene rings is 2. The summed E-state index contributed by atoms with van der Waals surface area (Å²) in [6.45, 7) is 0.298. The Labute approximate surface area is 172 Å². The first-order valence-corrected chi connectivity index (χ1v) is 9.71. The highest BCUT2D eigenvalue weighted by Crippen LogP contribution is 2.19. The van der Waals surface area contributed by atoms with Crippen molar-refractivity contribution in [2.45, 2.75) is 19.5 Å². The quantitative estimate of drug-likeness (QED) is 0.637. The highest BCUT2D eigenvalue weighted by atomic mass is 16.5. The van der Waals surface area contributed by atoms with Gasteiger partial charge < -0.3 is 14.7 Å². The molecule has 0 unspecified atom stereocenters. The fourth-order valence-corrected chi connectivity index (χ4v) is 3.63. The third kappa shape index (κ3) is 3.81. The molecule has 3 aromatic rings. The standard InChI is InChI=1S/C22H21N3O5/c26-12-11-25-21(28)18-8-4-3-7-17(18)20(23-25)22(29)30-14-19(27)24-10-9-15-5-1-2-6-16(15)13-24/h1-8,26H,9-14H2. The number of rotatable bonds is 5. The van der Waals surface area contributed by atoms with Gasteiger partial charge in [-0.1, -0.05) is 42.5 Å². The van der Waals surface area contributed by atoms with Crippen molar-refractivity contribution in [1.29, 1.82) is 0 Å². The molecule has 2 heterocycles. The van der Waals surface area contributed by atoms with Crippen LogP contribution in [0.25, 0.3) is 10.8 Å². The van der Waals surface area contributed by atoms with Crippen LogP contribution in [0.2, 0.25) is 0 Å². The lowest BCUT2D eigenvalue weighted by Crippen LogP contribution is -2.38. The van der Waals surface area contributed by atoms with Crippen molar-refractivity contribution in [2.75, 3.05) is 19.8 Å². The molecule has 0 aliphatic carbocycles. The van der Waals surface area contributed by atoms with E-state index in [1.54, 1.807) is 29.2 Å². The second-order valence-corrected chi connectivity index (χ2v) is 7.06. The number of carbonyl (C=O) groups excluding carboxylic acids is 2. The minimum absolute atomic E-state index is 0.0456. The Hall–Kier alpha value is -3.52. The maximum atomic E-state index is 12.7. The Morgan fingerprint density at radius 1 is 1.03 bits per heavy atom. The van der Waals surface area contributed by atoms with Crippen LogP contribution in [0, 0.1) is 0 Å². The van der Waals surface area contributed by atoms with Crippen LogP contribution in [0.15, 0.2) is 53.3 Å². The summed E-state index contributed by atoms with van der Waals surface area (Å²) >= 11 is 0. The Morgan fingerprint density at radius 2 is 1.73 bits per heavy atom. The molecule has 0 saturated heterocycles. The molecule has 1 N–H and O–H groups in total. The van der Waals surface area contributed by atoms with Gasteiger partial charge in [0.05, 0.1) is 18.5 Å². The number of aliphatic hydroxyl groups excluding tert-OH is 1. The molecular formula is C22H21N3O5. The minimum Gasteiger partial charge on any atom is -0.451 e. The second-order valence-electron chi connectivity index (χ2n) is 7.06. The molecule has 154 valence electrons. The SMILES string of the molecule is O=C(OCC(=O)N1CCc2ccccc2C1)c1nn(CCO)c(=O)c2ccccc12. The third-order valence-corrected chi connectivity index (χ3v) is 5.18. The first-order chi connectivity index (χ1) is 14.6. The summed E-state index contributed by atoms with van der Waals surface area (Å²) in [5.74, 6) is -1.07. The first kappa shape index (κ1) is 19.8. The molecule has 4 rings (SSSR count). The monoisotopic (exact) mass is 407 g/mol. The number of esters is 1. The molecule has 0 bridgehead atoms. The number of hydrogen-bond donors (Lipinski definition) is 1. The van der Waals surface area contributed by atoms with E-state index >= 15 is 0 Å². The van der Waals surface area contributed by atoms with Gasteiger partial charge in [-0.25, -0.2) is 9.48 Å². The smallest absolute Gasteiger partial charge is 0.359 e. The van der Waals surface area contributed by atoms with Gasteiger partial charge in [0, 0.05) is 18.5 Å². The van der Waals surface area contributed by atoms with Crippen molar-refractivity contribution in [3.63, 3.8) is 0 Å². The van der Waals surface area contributed by atoms with Gasteiger partial charge in [-0.2, -0.15) is 5.10 Å². The Bertz CT molecular complexity index is 1170. The molecule has 8 heteroatoms. The lowest BCUT2D eigenvalue weighted by atomic mass is 10.00. The van der Waals surface area contributed by atoms with Gasteiger partial charge in [0.2, 0.25) is 0 Å². The van der Waals surface area contributed by atoms with E-state index in [0.717, 1.165) is 16.7 Å². The van der Waals surface area contributed by atoms with Crippen LogP contribution in [0.5, 0.6) is 0 Å². The van der Waals surface area contributed by atoms with Crippen molar-refractivity contribution >= 4 is 22.6 Å².